The molecule has 1 N–H and O–H groups in total. The van der Waals surface area contributed by atoms with Crippen molar-refractivity contribution in [1.29, 1.82) is 0 Å². The molecule has 2 heterocycles. The normalized spacial score (nSPS) is 31.1. The van der Waals surface area contributed by atoms with Gasteiger partial charge in [0.25, 0.3) is 0 Å². The maximum absolute atomic E-state index is 3.63. The largest absolute Gasteiger partial charge is 0.317 e. The van der Waals surface area contributed by atoms with E-state index in [2.05, 4.69) is 63.1 Å². The molecule has 0 radical (unpaired) electrons. The van der Waals surface area contributed by atoms with Crippen LogP contribution in [0.25, 0.3) is 0 Å². The zero-order valence-corrected chi connectivity index (χ0v) is 16.6. The van der Waals surface area contributed by atoms with Crippen molar-refractivity contribution in [1.82, 2.24) is 15.1 Å². The number of nitrogens with zero attached hydrogens (tertiary/aromatic N) is 2. The third-order valence-electron chi connectivity index (χ3n) is 6.67. The predicted octanol–water partition coefficient (Wildman–Crippen LogP) is 3.58. The van der Waals surface area contributed by atoms with E-state index in [0.717, 1.165) is 0 Å². The molecule has 0 spiro atoms. The van der Waals surface area contributed by atoms with Crippen molar-refractivity contribution in [3.63, 3.8) is 0 Å². The number of hydrogen-bond donors (Lipinski definition) is 1. The first-order valence-electron chi connectivity index (χ1n) is 9.57. The SMILES string of the molecule is CC1CN(C2(C)CCNCC2)CCN1C1CCc2cc(Br)ccc21. The monoisotopic (exact) mass is 391 g/mol. The molecule has 0 aromatic heterocycles. The number of fused-ring (bicyclic) bond motifs is 1. The van der Waals surface area contributed by atoms with Crippen LogP contribution in [0.2, 0.25) is 0 Å². The maximum Gasteiger partial charge on any atom is 0.0357 e. The zero-order chi connectivity index (χ0) is 16.7. The molecule has 1 aromatic rings. The van der Waals surface area contributed by atoms with Gasteiger partial charge in [0.2, 0.25) is 0 Å². The Morgan fingerprint density at radius 3 is 2.75 bits per heavy atom. The summed E-state index contributed by atoms with van der Waals surface area (Å²) in [5.74, 6) is 0. The van der Waals surface area contributed by atoms with E-state index in [9.17, 15) is 0 Å². The molecule has 4 rings (SSSR count). The van der Waals surface area contributed by atoms with E-state index in [1.165, 1.54) is 62.9 Å². The minimum atomic E-state index is 0.407. The number of hydrogen-bond acceptors (Lipinski definition) is 3. The lowest BCUT2D eigenvalue weighted by Gasteiger charge is -2.51. The molecule has 0 amide bonds. The second kappa shape index (κ2) is 6.71. The van der Waals surface area contributed by atoms with Crippen LogP contribution in [0.5, 0.6) is 0 Å². The average Bonchev–Trinajstić information content (AvgIpc) is 2.98. The Labute approximate surface area is 154 Å². The summed E-state index contributed by atoms with van der Waals surface area (Å²) in [6.07, 6.45) is 5.10. The lowest BCUT2D eigenvalue weighted by Crippen LogP contribution is -2.61. The summed E-state index contributed by atoms with van der Waals surface area (Å²) >= 11 is 3.63. The molecule has 3 nitrogen and oxygen atoms in total. The minimum Gasteiger partial charge on any atom is -0.317 e. The highest BCUT2D eigenvalue weighted by Gasteiger charge is 2.40. The van der Waals surface area contributed by atoms with Gasteiger partial charge in [0.1, 0.15) is 0 Å². The van der Waals surface area contributed by atoms with Gasteiger partial charge in [-0.05, 0) is 75.9 Å². The summed E-state index contributed by atoms with van der Waals surface area (Å²) < 4.78 is 1.22. The second-order valence-electron chi connectivity index (χ2n) is 8.18. The van der Waals surface area contributed by atoms with Crippen molar-refractivity contribution < 1.29 is 0 Å². The summed E-state index contributed by atoms with van der Waals surface area (Å²) in [4.78, 5) is 5.56. The molecule has 2 fully saturated rings. The first-order valence-corrected chi connectivity index (χ1v) is 10.4. The van der Waals surface area contributed by atoms with E-state index in [0.29, 0.717) is 17.6 Å². The first-order chi connectivity index (χ1) is 11.6. The van der Waals surface area contributed by atoms with E-state index in [1.54, 1.807) is 11.1 Å². The van der Waals surface area contributed by atoms with Gasteiger partial charge >= 0.3 is 0 Å². The van der Waals surface area contributed by atoms with E-state index in [1.807, 2.05) is 0 Å². The number of rotatable bonds is 2. The van der Waals surface area contributed by atoms with Crippen LogP contribution in [0.4, 0.5) is 0 Å². The lowest BCUT2D eigenvalue weighted by atomic mass is 9.87. The molecule has 1 aliphatic carbocycles. The van der Waals surface area contributed by atoms with Crippen LogP contribution in [0.1, 0.15) is 50.3 Å². The Kier molecular flexibility index (Phi) is 4.76. The number of aryl methyl sites for hydroxylation is 1. The predicted molar refractivity (Wildman–Crippen MR) is 103 cm³/mol. The van der Waals surface area contributed by atoms with Crippen molar-refractivity contribution in [3.05, 3.63) is 33.8 Å². The molecule has 2 aliphatic heterocycles. The number of halogens is 1. The molecular formula is C20H30BrN3. The molecule has 24 heavy (non-hydrogen) atoms. The molecule has 0 bridgehead atoms. The number of benzene rings is 1. The maximum atomic E-state index is 3.63. The third kappa shape index (κ3) is 3.07. The van der Waals surface area contributed by atoms with Gasteiger partial charge in [-0.25, -0.2) is 0 Å². The van der Waals surface area contributed by atoms with Crippen LogP contribution in [0.15, 0.2) is 22.7 Å². The van der Waals surface area contributed by atoms with Gasteiger partial charge in [0, 0.05) is 41.7 Å². The fourth-order valence-corrected chi connectivity index (χ4v) is 5.52. The summed E-state index contributed by atoms with van der Waals surface area (Å²) in [5.41, 5.74) is 3.53. The zero-order valence-electron chi connectivity index (χ0n) is 15.0. The van der Waals surface area contributed by atoms with Gasteiger partial charge in [0.15, 0.2) is 0 Å². The molecule has 4 heteroatoms. The van der Waals surface area contributed by atoms with Gasteiger partial charge < -0.3 is 5.32 Å². The fourth-order valence-electron chi connectivity index (χ4n) is 5.11. The molecule has 2 saturated heterocycles. The summed E-state index contributed by atoms with van der Waals surface area (Å²) in [6.45, 7) is 10.9. The molecule has 2 unspecified atom stereocenters. The Balaban J connectivity index is 1.47. The molecule has 1 aromatic carbocycles. The van der Waals surface area contributed by atoms with Crippen LogP contribution < -0.4 is 5.32 Å². The van der Waals surface area contributed by atoms with E-state index in [-0.39, 0.29) is 0 Å². The van der Waals surface area contributed by atoms with Crippen molar-refractivity contribution in [2.24, 2.45) is 0 Å². The smallest absolute Gasteiger partial charge is 0.0357 e. The van der Waals surface area contributed by atoms with Gasteiger partial charge in [-0.1, -0.05) is 22.0 Å². The van der Waals surface area contributed by atoms with Crippen LogP contribution in [0.3, 0.4) is 0 Å². The summed E-state index contributed by atoms with van der Waals surface area (Å²) in [6, 6.07) is 8.17. The molecule has 2 atom stereocenters. The van der Waals surface area contributed by atoms with Crippen molar-refractivity contribution in [2.75, 3.05) is 32.7 Å². The topological polar surface area (TPSA) is 18.5 Å². The Morgan fingerprint density at radius 1 is 1.21 bits per heavy atom. The van der Waals surface area contributed by atoms with Crippen molar-refractivity contribution in [3.8, 4) is 0 Å². The highest BCUT2D eigenvalue weighted by atomic mass is 79.9. The second-order valence-corrected chi connectivity index (χ2v) is 9.09. The molecule has 132 valence electrons. The number of piperidine rings is 1. The fraction of sp³-hybridized carbons (Fsp3) is 0.700. The Hall–Kier alpha value is -0.420. The van der Waals surface area contributed by atoms with Crippen molar-refractivity contribution >= 4 is 15.9 Å². The first kappa shape index (κ1) is 17.0. The van der Waals surface area contributed by atoms with Crippen LogP contribution >= 0.6 is 15.9 Å². The highest BCUT2D eigenvalue weighted by molar-refractivity contribution is 9.10. The average molecular weight is 392 g/mol. The lowest BCUT2D eigenvalue weighted by molar-refractivity contribution is -0.0184. The van der Waals surface area contributed by atoms with Crippen LogP contribution in [-0.4, -0.2) is 54.1 Å². The third-order valence-corrected chi connectivity index (χ3v) is 7.17. The van der Waals surface area contributed by atoms with Gasteiger partial charge in [-0.3, -0.25) is 9.80 Å². The number of piperazine rings is 1. The van der Waals surface area contributed by atoms with Gasteiger partial charge in [-0.15, -0.1) is 0 Å². The minimum absolute atomic E-state index is 0.407. The number of nitrogens with one attached hydrogen (secondary N) is 1. The van der Waals surface area contributed by atoms with Crippen LogP contribution in [0, 0.1) is 0 Å². The van der Waals surface area contributed by atoms with Gasteiger partial charge in [0.05, 0.1) is 0 Å². The molecular weight excluding hydrogens is 362 g/mol. The Morgan fingerprint density at radius 2 is 2.00 bits per heavy atom. The van der Waals surface area contributed by atoms with Crippen LogP contribution in [-0.2, 0) is 6.42 Å². The molecule has 3 aliphatic rings. The van der Waals surface area contributed by atoms with E-state index >= 15 is 0 Å². The van der Waals surface area contributed by atoms with E-state index < -0.39 is 0 Å². The standard InChI is InChI=1S/C20H30BrN3/c1-15-14-23(20(2)7-9-22-10-8-20)11-12-24(15)19-6-3-16-13-17(21)4-5-18(16)19/h4-5,13,15,19,22H,3,6-12,14H2,1-2H3. The van der Waals surface area contributed by atoms with E-state index in [4.69, 9.17) is 0 Å². The molecule has 0 saturated carbocycles. The summed E-state index contributed by atoms with van der Waals surface area (Å²) in [7, 11) is 0. The summed E-state index contributed by atoms with van der Waals surface area (Å²) in [5, 5.41) is 3.52. The highest BCUT2D eigenvalue weighted by Crippen LogP contribution is 2.39. The quantitative estimate of drug-likeness (QED) is 0.830. The Bertz CT molecular complexity index is 597. The van der Waals surface area contributed by atoms with Gasteiger partial charge in [-0.2, -0.15) is 0 Å². The van der Waals surface area contributed by atoms with Crippen molar-refractivity contribution in [2.45, 2.75) is 57.2 Å².